The van der Waals surface area contributed by atoms with Gasteiger partial charge in [-0.25, -0.2) is 15.8 Å². The minimum absolute atomic E-state index is 0.0225. The molecular formula is C8H11BrF3N5. The zero-order valence-electron chi connectivity index (χ0n) is 8.68. The van der Waals surface area contributed by atoms with Crippen LogP contribution in [0.5, 0.6) is 0 Å². The molecule has 0 saturated heterocycles. The SMILES string of the molecule is NNc1ncnc(NCCCC(F)(F)F)c1Br. The third-order valence-corrected chi connectivity index (χ3v) is 2.61. The van der Waals surface area contributed by atoms with E-state index in [9.17, 15) is 13.2 Å². The number of alkyl halides is 3. The number of anilines is 2. The molecule has 0 spiro atoms. The molecule has 0 aliphatic heterocycles. The summed E-state index contributed by atoms with van der Waals surface area (Å²) in [6.45, 7) is 0.166. The molecule has 0 saturated carbocycles. The standard InChI is InChI=1S/C8H11BrF3N5/c9-5-6(15-4-16-7(5)17-13)14-3-1-2-8(10,11)12/h4H,1-3,13H2,(H2,14,15,16,17). The molecule has 1 heterocycles. The average Bonchev–Trinajstić information content (AvgIpc) is 2.25. The van der Waals surface area contributed by atoms with Crippen LogP contribution in [0.15, 0.2) is 10.8 Å². The summed E-state index contributed by atoms with van der Waals surface area (Å²) in [6, 6.07) is 0. The van der Waals surface area contributed by atoms with Crippen molar-refractivity contribution in [2.75, 3.05) is 17.3 Å². The highest BCUT2D eigenvalue weighted by Gasteiger charge is 2.25. The lowest BCUT2D eigenvalue weighted by atomic mass is 10.3. The molecule has 96 valence electrons. The minimum atomic E-state index is -4.13. The second-order valence-electron chi connectivity index (χ2n) is 3.17. The van der Waals surface area contributed by atoms with Crippen molar-refractivity contribution >= 4 is 27.6 Å². The Morgan fingerprint density at radius 1 is 1.29 bits per heavy atom. The number of nitrogens with two attached hydrogens (primary N) is 1. The van der Waals surface area contributed by atoms with Crippen LogP contribution in [0.2, 0.25) is 0 Å². The van der Waals surface area contributed by atoms with Crippen molar-refractivity contribution < 1.29 is 13.2 Å². The number of hydrogen-bond donors (Lipinski definition) is 3. The first kappa shape index (κ1) is 14.0. The van der Waals surface area contributed by atoms with Crippen LogP contribution in [0.25, 0.3) is 0 Å². The molecule has 17 heavy (non-hydrogen) atoms. The van der Waals surface area contributed by atoms with Crippen molar-refractivity contribution in [3.63, 3.8) is 0 Å². The van der Waals surface area contributed by atoms with Crippen molar-refractivity contribution in [2.24, 2.45) is 5.84 Å². The summed E-state index contributed by atoms with van der Waals surface area (Å²) in [7, 11) is 0. The number of hydrogen-bond acceptors (Lipinski definition) is 5. The molecule has 1 aromatic rings. The highest BCUT2D eigenvalue weighted by molar-refractivity contribution is 9.10. The topological polar surface area (TPSA) is 75.9 Å². The highest BCUT2D eigenvalue weighted by atomic mass is 79.9. The maximum absolute atomic E-state index is 11.9. The van der Waals surface area contributed by atoms with Gasteiger partial charge in [0.05, 0.1) is 0 Å². The largest absolute Gasteiger partial charge is 0.389 e. The number of halogens is 4. The van der Waals surface area contributed by atoms with Gasteiger partial charge in [0.15, 0.2) is 5.82 Å². The van der Waals surface area contributed by atoms with Crippen LogP contribution in [0.1, 0.15) is 12.8 Å². The Hall–Kier alpha value is -1.09. The van der Waals surface area contributed by atoms with Crippen LogP contribution < -0.4 is 16.6 Å². The van der Waals surface area contributed by atoms with Gasteiger partial charge in [-0.3, -0.25) is 0 Å². The van der Waals surface area contributed by atoms with E-state index in [1.807, 2.05) is 0 Å². The molecule has 1 aromatic heterocycles. The molecule has 0 aromatic carbocycles. The highest BCUT2D eigenvalue weighted by Crippen LogP contribution is 2.26. The molecule has 1 rings (SSSR count). The van der Waals surface area contributed by atoms with Gasteiger partial charge >= 0.3 is 6.18 Å². The average molecular weight is 314 g/mol. The van der Waals surface area contributed by atoms with Crippen LogP contribution in [0.4, 0.5) is 24.8 Å². The lowest BCUT2D eigenvalue weighted by Crippen LogP contribution is -2.13. The second kappa shape index (κ2) is 6.01. The van der Waals surface area contributed by atoms with Gasteiger partial charge in [-0.2, -0.15) is 13.2 Å². The van der Waals surface area contributed by atoms with Gasteiger partial charge in [-0.15, -0.1) is 0 Å². The number of nitrogens with one attached hydrogen (secondary N) is 2. The molecule has 0 amide bonds. The fraction of sp³-hybridized carbons (Fsp3) is 0.500. The summed E-state index contributed by atoms with van der Waals surface area (Å²) in [5.74, 6) is 5.94. The maximum atomic E-state index is 11.9. The van der Waals surface area contributed by atoms with Gasteiger partial charge in [0.1, 0.15) is 16.6 Å². The Balaban J connectivity index is 2.47. The van der Waals surface area contributed by atoms with Gasteiger partial charge in [-0.1, -0.05) is 0 Å². The zero-order valence-corrected chi connectivity index (χ0v) is 10.3. The molecule has 0 unspecified atom stereocenters. The predicted molar refractivity (Wildman–Crippen MR) is 61.3 cm³/mol. The Morgan fingerprint density at radius 3 is 2.53 bits per heavy atom. The van der Waals surface area contributed by atoms with E-state index in [0.717, 1.165) is 0 Å². The van der Waals surface area contributed by atoms with E-state index in [2.05, 4.69) is 36.6 Å². The summed E-state index contributed by atoms with van der Waals surface area (Å²) < 4.78 is 36.2. The quantitative estimate of drug-likeness (QED) is 0.442. The summed E-state index contributed by atoms with van der Waals surface area (Å²) >= 11 is 3.18. The predicted octanol–water partition coefficient (Wildman–Crippen LogP) is 2.28. The Bertz CT molecular complexity index is 371. The molecule has 9 heteroatoms. The number of nitrogens with zero attached hydrogens (tertiary/aromatic N) is 2. The zero-order chi connectivity index (χ0) is 12.9. The minimum Gasteiger partial charge on any atom is -0.369 e. The third kappa shape index (κ3) is 4.73. The monoisotopic (exact) mass is 313 g/mol. The number of rotatable bonds is 5. The molecule has 0 aliphatic rings. The van der Waals surface area contributed by atoms with E-state index in [4.69, 9.17) is 5.84 Å². The molecule has 4 N–H and O–H groups in total. The van der Waals surface area contributed by atoms with Gasteiger partial charge in [0.2, 0.25) is 0 Å². The fourth-order valence-corrected chi connectivity index (χ4v) is 1.55. The number of hydrazine groups is 1. The van der Waals surface area contributed by atoms with Crippen molar-refractivity contribution in [1.82, 2.24) is 9.97 Å². The van der Waals surface area contributed by atoms with Crippen LogP contribution in [-0.4, -0.2) is 22.7 Å². The molecule has 5 nitrogen and oxygen atoms in total. The normalized spacial score (nSPS) is 11.4. The first-order valence-electron chi connectivity index (χ1n) is 4.72. The lowest BCUT2D eigenvalue weighted by molar-refractivity contribution is -0.134. The Morgan fingerprint density at radius 2 is 1.94 bits per heavy atom. The summed E-state index contributed by atoms with van der Waals surface area (Å²) in [5.41, 5.74) is 2.33. The van der Waals surface area contributed by atoms with E-state index in [1.165, 1.54) is 6.33 Å². The summed E-state index contributed by atoms with van der Waals surface area (Å²) in [5, 5.41) is 2.77. The molecule has 0 radical (unpaired) electrons. The number of aromatic nitrogens is 2. The maximum Gasteiger partial charge on any atom is 0.389 e. The van der Waals surface area contributed by atoms with Gasteiger partial charge in [0, 0.05) is 13.0 Å². The second-order valence-corrected chi connectivity index (χ2v) is 3.97. The molecule has 0 fully saturated rings. The first-order chi connectivity index (χ1) is 7.94. The van der Waals surface area contributed by atoms with Crippen molar-refractivity contribution in [3.05, 3.63) is 10.8 Å². The number of nitrogen functional groups attached to an aromatic ring is 1. The third-order valence-electron chi connectivity index (χ3n) is 1.86. The van der Waals surface area contributed by atoms with E-state index in [-0.39, 0.29) is 13.0 Å². The molecule has 0 bridgehead atoms. The molecular weight excluding hydrogens is 303 g/mol. The van der Waals surface area contributed by atoms with E-state index in [1.54, 1.807) is 0 Å². The summed E-state index contributed by atoms with van der Waals surface area (Å²) in [6.07, 6.45) is -3.73. The van der Waals surface area contributed by atoms with E-state index >= 15 is 0 Å². The molecule has 0 aliphatic carbocycles. The summed E-state index contributed by atoms with van der Waals surface area (Å²) in [4.78, 5) is 7.69. The van der Waals surface area contributed by atoms with Crippen molar-refractivity contribution in [2.45, 2.75) is 19.0 Å². The van der Waals surface area contributed by atoms with Crippen molar-refractivity contribution in [1.29, 1.82) is 0 Å². The van der Waals surface area contributed by atoms with E-state index < -0.39 is 12.6 Å². The van der Waals surface area contributed by atoms with Crippen LogP contribution >= 0.6 is 15.9 Å². The van der Waals surface area contributed by atoms with Crippen LogP contribution in [-0.2, 0) is 0 Å². The fourth-order valence-electron chi connectivity index (χ4n) is 1.09. The van der Waals surface area contributed by atoms with Gasteiger partial charge in [0.25, 0.3) is 0 Å². The first-order valence-corrected chi connectivity index (χ1v) is 5.51. The smallest absolute Gasteiger partial charge is 0.369 e. The van der Waals surface area contributed by atoms with E-state index in [0.29, 0.717) is 16.1 Å². The van der Waals surface area contributed by atoms with Crippen LogP contribution in [0.3, 0.4) is 0 Å². The van der Waals surface area contributed by atoms with Crippen LogP contribution in [0, 0.1) is 0 Å². The molecule has 0 atom stereocenters. The Kier molecular flexibility index (Phi) is 4.94. The van der Waals surface area contributed by atoms with Gasteiger partial charge in [-0.05, 0) is 22.4 Å². The lowest BCUT2D eigenvalue weighted by Gasteiger charge is -2.10. The van der Waals surface area contributed by atoms with Gasteiger partial charge < -0.3 is 10.7 Å². The Labute approximate surface area is 104 Å². The van der Waals surface area contributed by atoms with Crippen molar-refractivity contribution in [3.8, 4) is 0 Å².